The van der Waals surface area contributed by atoms with Gasteiger partial charge in [-0.1, -0.05) is 6.92 Å². The van der Waals surface area contributed by atoms with Crippen molar-refractivity contribution in [3.63, 3.8) is 0 Å². The van der Waals surface area contributed by atoms with E-state index in [2.05, 4.69) is 4.18 Å². The minimum absolute atomic E-state index is 0.239. The van der Waals surface area contributed by atoms with Crippen LogP contribution in [0.5, 0.6) is 0 Å². The number of hydrogen-bond acceptors (Lipinski definition) is 4. The van der Waals surface area contributed by atoms with Crippen LogP contribution in [-0.4, -0.2) is 46.3 Å². The molecule has 68 valence electrons. The third-order valence-corrected chi connectivity index (χ3v) is 1.91. The first-order valence-corrected chi connectivity index (χ1v) is 5.30. The van der Waals surface area contributed by atoms with E-state index >= 15 is 0 Å². The van der Waals surface area contributed by atoms with Gasteiger partial charge in [0.05, 0.1) is 12.9 Å². The largest absolute Gasteiger partial charge is 0.304 e. The fourth-order valence-electron chi connectivity index (χ4n) is 0.503. The molecule has 0 saturated heterocycles. The van der Waals surface area contributed by atoms with Crippen LogP contribution in [0.2, 0.25) is 0 Å². The summed E-state index contributed by atoms with van der Waals surface area (Å²) in [6.07, 6.45) is 1.05. The third-order valence-electron chi connectivity index (χ3n) is 1.31. The summed E-state index contributed by atoms with van der Waals surface area (Å²) in [5, 5.41) is 0. The second kappa shape index (κ2) is 4.69. The average molecular weight is 181 g/mol. The van der Waals surface area contributed by atoms with Crippen LogP contribution in [-0.2, 0) is 14.3 Å². The Hall–Kier alpha value is -0.130. The molecular formula is C6H15NO3S. The van der Waals surface area contributed by atoms with Crippen molar-refractivity contribution in [1.29, 1.82) is 0 Å². The summed E-state index contributed by atoms with van der Waals surface area (Å²) < 4.78 is 25.5. The normalized spacial score (nSPS) is 12.4. The lowest BCUT2D eigenvalue weighted by Gasteiger charge is -2.12. The summed E-state index contributed by atoms with van der Waals surface area (Å²) in [5.74, 6) is 0. The standard InChI is InChI=1S/C6H15NO3S/c1-4-7(2)5-6-10-11(3,8)9/h4-6H2,1-3H3. The first-order chi connectivity index (χ1) is 4.95. The molecule has 0 heterocycles. The molecule has 0 N–H and O–H groups in total. The van der Waals surface area contributed by atoms with Crippen molar-refractivity contribution in [2.45, 2.75) is 6.92 Å². The second-order valence-corrected chi connectivity index (χ2v) is 4.07. The van der Waals surface area contributed by atoms with Gasteiger partial charge in [-0.3, -0.25) is 4.18 Å². The smallest absolute Gasteiger partial charge is 0.264 e. The van der Waals surface area contributed by atoms with Gasteiger partial charge in [-0.25, -0.2) is 0 Å². The summed E-state index contributed by atoms with van der Waals surface area (Å²) in [6.45, 7) is 3.78. The fraction of sp³-hybridized carbons (Fsp3) is 1.00. The van der Waals surface area contributed by atoms with Crippen molar-refractivity contribution in [2.75, 3.05) is 33.0 Å². The molecule has 0 radical (unpaired) electrons. The molecular weight excluding hydrogens is 166 g/mol. The molecule has 0 aromatic carbocycles. The van der Waals surface area contributed by atoms with Gasteiger partial charge in [0.1, 0.15) is 0 Å². The van der Waals surface area contributed by atoms with Crippen LogP contribution in [0.4, 0.5) is 0 Å². The monoisotopic (exact) mass is 181 g/mol. The Bertz CT molecular complexity index is 188. The van der Waals surface area contributed by atoms with E-state index in [4.69, 9.17) is 0 Å². The highest BCUT2D eigenvalue weighted by atomic mass is 32.2. The van der Waals surface area contributed by atoms with Gasteiger partial charge in [-0.2, -0.15) is 8.42 Å². The maximum Gasteiger partial charge on any atom is 0.264 e. The van der Waals surface area contributed by atoms with Crippen LogP contribution in [0.1, 0.15) is 6.92 Å². The lowest BCUT2D eigenvalue weighted by molar-refractivity contribution is 0.249. The van der Waals surface area contributed by atoms with Crippen molar-refractivity contribution in [3.05, 3.63) is 0 Å². The SMILES string of the molecule is CCN(C)CCOS(C)(=O)=O. The van der Waals surface area contributed by atoms with Gasteiger partial charge >= 0.3 is 0 Å². The summed E-state index contributed by atoms with van der Waals surface area (Å²) in [4.78, 5) is 1.98. The van der Waals surface area contributed by atoms with E-state index in [0.717, 1.165) is 12.8 Å². The van der Waals surface area contributed by atoms with Crippen LogP contribution in [0, 0.1) is 0 Å². The molecule has 0 atom stereocenters. The van der Waals surface area contributed by atoms with Gasteiger partial charge in [0.15, 0.2) is 0 Å². The van der Waals surface area contributed by atoms with Crippen molar-refractivity contribution < 1.29 is 12.6 Å². The number of hydrogen-bond donors (Lipinski definition) is 0. The van der Waals surface area contributed by atoms with E-state index in [1.54, 1.807) is 0 Å². The van der Waals surface area contributed by atoms with Crippen molar-refractivity contribution in [2.24, 2.45) is 0 Å². The van der Waals surface area contributed by atoms with E-state index < -0.39 is 10.1 Å². The average Bonchev–Trinajstić information content (AvgIpc) is 1.85. The Kier molecular flexibility index (Phi) is 4.63. The first kappa shape index (κ1) is 10.9. The number of nitrogens with zero attached hydrogens (tertiary/aromatic N) is 1. The zero-order valence-electron chi connectivity index (χ0n) is 7.20. The van der Waals surface area contributed by atoms with Crippen LogP contribution in [0.25, 0.3) is 0 Å². The summed E-state index contributed by atoms with van der Waals surface area (Å²) in [5.41, 5.74) is 0. The molecule has 0 fully saturated rings. The van der Waals surface area contributed by atoms with Crippen LogP contribution in [0.3, 0.4) is 0 Å². The van der Waals surface area contributed by atoms with Crippen molar-refractivity contribution in [1.82, 2.24) is 4.90 Å². The predicted octanol–water partition coefficient (Wildman–Crippen LogP) is -0.0857. The molecule has 4 nitrogen and oxygen atoms in total. The summed E-state index contributed by atoms with van der Waals surface area (Å²) in [6, 6.07) is 0. The molecule has 5 heteroatoms. The lowest BCUT2D eigenvalue weighted by atomic mass is 10.6. The second-order valence-electron chi connectivity index (χ2n) is 2.42. The Morgan fingerprint density at radius 1 is 1.45 bits per heavy atom. The van der Waals surface area contributed by atoms with E-state index in [0.29, 0.717) is 6.54 Å². The maximum atomic E-state index is 10.5. The molecule has 0 saturated carbocycles. The van der Waals surface area contributed by atoms with Gasteiger partial charge in [-0.15, -0.1) is 0 Å². The molecule has 0 spiro atoms. The molecule has 0 aliphatic heterocycles. The fourth-order valence-corrected chi connectivity index (χ4v) is 0.880. The molecule has 0 aliphatic rings. The molecule has 0 aliphatic carbocycles. The summed E-state index contributed by atoms with van der Waals surface area (Å²) >= 11 is 0. The minimum Gasteiger partial charge on any atom is -0.304 e. The molecule has 0 rings (SSSR count). The van der Waals surface area contributed by atoms with Gasteiger partial charge in [0, 0.05) is 6.54 Å². The minimum atomic E-state index is -3.25. The highest BCUT2D eigenvalue weighted by Crippen LogP contribution is 1.87. The highest BCUT2D eigenvalue weighted by molar-refractivity contribution is 7.85. The van der Waals surface area contributed by atoms with Crippen molar-refractivity contribution in [3.8, 4) is 0 Å². The Labute approximate surface area is 68.3 Å². The molecule has 11 heavy (non-hydrogen) atoms. The molecule has 0 unspecified atom stereocenters. The topological polar surface area (TPSA) is 46.6 Å². The maximum absolute atomic E-state index is 10.5. The Morgan fingerprint density at radius 2 is 2.00 bits per heavy atom. The summed E-state index contributed by atoms with van der Waals surface area (Å²) in [7, 11) is -1.35. The number of likely N-dealkylation sites (N-methyl/N-ethyl adjacent to an activating group) is 1. The quantitative estimate of drug-likeness (QED) is 0.556. The lowest BCUT2D eigenvalue weighted by Crippen LogP contribution is -2.23. The van der Waals surface area contributed by atoms with Crippen LogP contribution >= 0.6 is 0 Å². The molecule has 0 amide bonds. The Balaban J connectivity index is 3.43. The van der Waals surface area contributed by atoms with Crippen LogP contribution in [0.15, 0.2) is 0 Å². The zero-order chi connectivity index (χ0) is 8.91. The Morgan fingerprint density at radius 3 is 2.36 bits per heavy atom. The highest BCUT2D eigenvalue weighted by Gasteiger charge is 2.01. The van der Waals surface area contributed by atoms with Gasteiger partial charge < -0.3 is 4.90 Å². The van der Waals surface area contributed by atoms with E-state index in [-0.39, 0.29) is 6.61 Å². The van der Waals surface area contributed by atoms with E-state index in [1.165, 1.54) is 0 Å². The van der Waals surface area contributed by atoms with Crippen molar-refractivity contribution >= 4 is 10.1 Å². The number of rotatable bonds is 5. The molecule has 0 bridgehead atoms. The molecule has 0 aromatic rings. The van der Waals surface area contributed by atoms with Gasteiger partial charge in [0.2, 0.25) is 0 Å². The first-order valence-electron chi connectivity index (χ1n) is 3.48. The van der Waals surface area contributed by atoms with E-state index in [9.17, 15) is 8.42 Å². The van der Waals surface area contributed by atoms with Gasteiger partial charge in [-0.05, 0) is 13.6 Å². The molecule has 0 aromatic heterocycles. The zero-order valence-corrected chi connectivity index (χ0v) is 8.02. The predicted molar refractivity (Wildman–Crippen MR) is 44.0 cm³/mol. The van der Waals surface area contributed by atoms with E-state index in [1.807, 2.05) is 18.9 Å². The van der Waals surface area contributed by atoms with Gasteiger partial charge in [0.25, 0.3) is 10.1 Å². The van der Waals surface area contributed by atoms with Crippen LogP contribution < -0.4 is 0 Å². The third kappa shape index (κ3) is 7.77.